The van der Waals surface area contributed by atoms with Crippen molar-refractivity contribution < 1.29 is 0 Å². The number of para-hydroxylation sites is 2. The van der Waals surface area contributed by atoms with Crippen LogP contribution in [0.3, 0.4) is 0 Å². The van der Waals surface area contributed by atoms with E-state index in [9.17, 15) is 0 Å². The minimum absolute atomic E-state index is 0.633. The van der Waals surface area contributed by atoms with Gasteiger partial charge in [0.05, 0.1) is 16.6 Å². The second kappa shape index (κ2) is 11.4. The molecular formula is C45H29N5. The van der Waals surface area contributed by atoms with Crippen molar-refractivity contribution in [3.63, 3.8) is 0 Å². The second-order valence-corrected chi connectivity index (χ2v) is 12.5. The number of fused-ring (bicyclic) bond motifs is 7. The van der Waals surface area contributed by atoms with Crippen LogP contribution < -0.4 is 0 Å². The Labute approximate surface area is 288 Å². The van der Waals surface area contributed by atoms with E-state index in [1.165, 1.54) is 38.0 Å². The largest absolute Gasteiger partial charge is 0.317 e. The van der Waals surface area contributed by atoms with E-state index in [0.29, 0.717) is 17.5 Å². The van der Waals surface area contributed by atoms with E-state index < -0.39 is 0 Å². The fourth-order valence-electron chi connectivity index (χ4n) is 7.30. The van der Waals surface area contributed by atoms with Crippen molar-refractivity contribution in [2.45, 2.75) is 0 Å². The summed E-state index contributed by atoms with van der Waals surface area (Å²) in [6, 6.07) is 59.3. The van der Waals surface area contributed by atoms with E-state index in [2.05, 4.69) is 125 Å². The first-order valence-corrected chi connectivity index (χ1v) is 16.8. The Kier molecular flexibility index (Phi) is 6.42. The van der Waals surface area contributed by atoms with Crippen molar-refractivity contribution in [3.8, 4) is 45.5 Å². The van der Waals surface area contributed by atoms with Crippen LogP contribution in [-0.4, -0.2) is 24.1 Å². The van der Waals surface area contributed by atoms with Crippen molar-refractivity contribution in [1.82, 2.24) is 24.1 Å². The molecule has 0 aliphatic carbocycles. The Morgan fingerprint density at radius 1 is 0.340 bits per heavy atom. The summed E-state index contributed by atoms with van der Waals surface area (Å²) in [7, 11) is 0. The fourth-order valence-corrected chi connectivity index (χ4v) is 7.30. The molecule has 0 fully saturated rings. The predicted octanol–water partition coefficient (Wildman–Crippen LogP) is 11.1. The lowest BCUT2D eigenvalue weighted by atomic mass is 10.0. The normalized spacial score (nSPS) is 11.6. The monoisotopic (exact) mass is 639 g/mol. The van der Waals surface area contributed by atoms with Crippen LogP contribution in [0.1, 0.15) is 0 Å². The maximum Gasteiger partial charge on any atom is 0.164 e. The van der Waals surface area contributed by atoms with E-state index in [1.54, 1.807) is 0 Å². The first kappa shape index (κ1) is 28.2. The molecule has 0 amide bonds. The summed E-state index contributed by atoms with van der Waals surface area (Å²) in [5, 5.41) is 6.10. The number of benzene rings is 7. The summed E-state index contributed by atoms with van der Waals surface area (Å²) in [6.07, 6.45) is 2.17. The van der Waals surface area contributed by atoms with E-state index in [1.807, 2.05) is 60.7 Å². The molecule has 0 spiro atoms. The Morgan fingerprint density at radius 2 is 0.860 bits per heavy atom. The van der Waals surface area contributed by atoms with Crippen molar-refractivity contribution in [1.29, 1.82) is 0 Å². The first-order valence-electron chi connectivity index (χ1n) is 16.8. The van der Waals surface area contributed by atoms with Crippen LogP contribution in [0.25, 0.3) is 89.0 Å². The molecule has 7 aromatic carbocycles. The SMILES string of the molecule is c1ccc(-c2nc(-c3ccccc3)nc(-c3cccc(-n4c5ccccc5c5ccc6c7ccn(-c8ccccc8)c7ccc6c54)c3)n2)cc1. The van der Waals surface area contributed by atoms with E-state index in [0.717, 1.165) is 33.6 Å². The molecule has 0 N–H and O–H groups in total. The van der Waals surface area contributed by atoms with Gasteiger partial charge in [-0.15, -0.1) is 0 Å². The van der Waals surface area contributed by atoms with Gasteiger partial charge in [0, 0.05) is 55.8 Å². The topological polar surface area (TPSA) is 48.5 Å². The molecule has 0 atom stereocenters. The molecule has 10 rings (SSSR count). The third kappa shape index (κ3) is 4.52. The van der Waals surface area contributed by atoms with E-state index >= 15 is 0 Å². The Bertz CT molecular complexity index is 2800. The molecule has 5 nitrogen and oxygen atoms in total. The highest BCUT2D eigenvalue weighted by Gasteiger charge is 2.18. The molecule has 0 saturated heterocycles. The highest BCUT2D eigenvalue weighted by molar-refractivity contribution is 6.23. The smallest absolute Gasteiger partial charge is 0.164 e. The van der Waals surface area contributed by atoms with Crippen LogP contribution in [0, 0.1) is 0 Å². The average Bonchev–Trinajstić information content (AvgIpc) is 3.79. The van der Waals surface area contributed by atoms with Crippen molar-refractivity contribution in [2.75, 3.05) is 0 Å². The highest BCUT2D eigenvalue weighted by atomic mass is 15.0. The molecule has 50 heavy (non-hydrogen) atoms. The molecular weight excluding hydrogens is 611 g/mol. The summed E-state index contributed by atoms with van der Waals surface area (Å²) < 4.78 is 4.66. The predicted molar refractivity (Wildman–Crippen MR) is 205 cm³/mol. The van der Waals surface area contributed by atoms with Gasteiger partial charge in [-0.2, -0.15) is 0 Å². The fraction of sp³-hybridized carbons (Fsp3) is 0. The molecule has 3 heterocycles. The standard InChI is InChI=1S/C45H29N5/c1-4-13-30(14-5-1)43-46-44(31-15-6-2-7-16-31)48-45(47-43)32-17-12-20-34(29-32)50-41-22-11-10-21-36(41)39-24-23-35-37-27-28-49(33-18-8-3-9-19-33)40(37)26-25-38(35)42(39)50/h1-29H. The van der Waals surface area contributed by atoms with Gasteiger partial charge in [-0.25, -0.2) is 15.0 Å². The number of nitrogens with zero attached hydrogens (tertiary/aromatic N) is 5. The summed E-state index contributed by atoms with van der Waals surface area (Å²) in [6.45, 7) is 0. The molecule has 3 aromatic heterocycles. The minimum Gasteiger partial charge on any atom is -0.317 e. The van der Waals surface area contributed by atoms with E-state index in [4.69, 9.17) is 15.0 Å². The van der Waals surface area contributed by atoms with Crippen molar-refractivity contribution in [2.24, 2.45) is 0 Å². The van der Waals surface area contributed by atoms with Crippen molar-refractivity contribution in [3.05, 3.63) is 176 Å². The van der Waals surface area contributed by atoms with Gasteiger partial charge >= 0.3 is 0 Å². The van der Waals surface area contributed by atoms with Crippen molar-refractivity contribution >= 4 is 43.5 Å². The maximum atomic E-state index is 5.02. The first-order chi connectivity index (χ1) is 24.8. The summed E-state index contributed by atoms with van der Waals surface area (Å²) >= 11 is 0. The van der Waals surface area contributed by atoms with Gasteiger partial charge < -0.3 is 9.13 Å². The summed E-state index contributed by atoms with van der Waals surface area (Å²) in [5.74, 6) is 1.93. The zero-order valence-electron chi connectivity index (χ0n) is 27.0. The minimum atomic E-state index is 0.633. The van der Waals surface area contributed by atoms with Gasteiger partial charge in [0.15, 0.2) is 17.5 Å². The van der Waals surface area contributed by atoms with Gasteiger partial charge in [-0.3, -0.25) is 0 Å². The second-order valence-electron chi connectivity index (χ2n) is 12.5. The molecule has 10 aromatic rings. The van der Waals surface area contributed by atoms with Crippen LogP contribution in [0.5, 0.6) is 0 Å². The quantitative estimate of drug-likeness (QED) is 0.188. The maximum absolute atomic E-state index is 5.02. The Balaban J connectivity index is 1.20. The molecule has 0 saturated carbocycles. The molecule has 0 unspecified atom stereocenters. The molecule has 0 bridgehead atoms. The van der Waals surface area contributed by atoms with Crippen LogP contribution in [0.4, 0.5) is 0 Å². The Hall–Kier alpha value is -6.85. The van der Waals surface area contributed by atoms with Gasteiger partial charge in [-0.1, -0.05) is 127 Å². The third-order valence-corrected chi connectivity index (χ3v) is 9.60. The van der Waals surface area contributed by atoms with Crippen LogP contribution in [0.2, 0.25) is 0 Å². The number of rotatable bonds is 5. The van der Waals surface area contributed by atoms with Crippen LogP contribution >= 0.6 is 0 Å². The molecule has 5 heteroatoms. The average molecular weight is 640 g/mol. The van der Waals surface area contributed by atoms with Gasteiger partial charge in [-0.05, 0) is 47.9 Å². The van der Waals surface area contributed by atoms with Crippen LogP contribution in [-0.2, 0) is 0 Å². The summed E-state index contributed by atoms with van der Waals surface area (Å²) in [5.41, 5.74) is 8.54. The summed E-state index contributed by atoms with van der Waals surface area (Å²) in [4.78, 5) is 15.0. The zero-order valence-corrected chi connectivity index (χ0v) is 27.0. The molecule has 0 aliphatic rings. The lowest BCUT2D eigenvalue weighted by Crippen LogP contribution is -2.01. The zero-order chi connectivity index (χ0) is 33.0. The third-order valence-electron chi connectivity index (χ3n) is 9.60. The Morgan fingerprint density at radius 3 is 1.58 bits per heavy atom. The highest BCUT2D eigenvalue weighted by Crippen LogP contribution is 2.40. The number of aromatic nitrogens is 5. The van der Waals surface area contributed by atoms with E-state index in [-0.39, 0.29) is 0 Å². The molecule has 0 radical (unpaired) electrons. The van der Waals surface area contributed by atoms with Crippen LogP contribution in [0.15, 0.2) is 176 Å². The number of hydrogen-bond donors (Lipinski definition) is 0. The van der Waals surface area contributed by atoms with Gasteiger partial charge in [0.25, 0.3) is 0 Å². The lowest BCUT2D eigenvalue weighted by Gasteiger charge is -2.13. The number of hydrogen-bond acceptors (Lipinski definition) is 3. The molecule has 234 valence electrons. The molecule has 0 aliphatic heterocycles. The lowest BCUT2D eigenvalue weighted by molar-refractivity contribution is 1.07. The van der Waals surface area contributed by atoms with Gasteiger partial charge in [0.2, 0.25) is 0 Å². The van der Waals surface area contributed by atoms with Gasteiger partial charge in [0.1, 0.15) is 0 Å².